The smallest absolute Gasteiger partial charge is 0.314 e. The molecule has 0 saturated carbocycles. The van der Waals surface area contributed by atoms with Gasteiger partial charge in [0, 0.05) is 33.0 Å². The van der Waals surface area contributed by atoms with Crippen LogP contribution in [0.25, 0.3) is 0 Å². The molecule has 0 aromatic rings. The van der Waals surface area contributed by atoms with Crippen molar-refractivity contribution in [3.05, 3.63) is 0 Å². The van der Waals surface area contributed by atoms with Crippen molar-refractivity contribution in [3.63, 3.8) is 0 Å². The van der Waals surface area contributed by atoms with Crippen molar-refractivity contribution in [3.8, 4) is 0 Å². The number of nitrogens with one attached hydrogen (secondary N) is 2. The fraction of sp³-hybridized carbons (Fsp3) is 0.941. The van der Waals surface area contributed by atoms with Crippen molar-refractivity contribution >= 4 is 18.0 Å². The van der Waals surface area contributed by atoms with Gasteiger partial charge in [-0.05, 0) is 70.9 Å². The highest BCUT2D eigenvalue weighted by Gasteiger charge is 2.15. The fourth-order valence-electron chi connectivity index (χ4n) is 7.81. The van der Waals surface area contributed by atoms with Crippen LogP contribution in [0.4, 0.5) is 4.79 Å². The summed E-state index contributed by atoms with van der Waals surface area (Å²) in [6, 6.07) is -0.238. The Bertz CT molecular complexity index is 957. The number of hydrogen-bond acceptors (Lipinski definition) is 9. The zero-order valence-electron chi connectivity index (χ0n) is 41.1. The Balaban J connectivity index is 4.57. The lowest BCUT2D eigenvalue weighted by Crippen LogP contribution is -2.36. The summed E-state index contributed by atoms with van der Waals surface area (Å²) >= 11 is 0. The van der Waals surface area contributed by atoms with Crippen molar-refractivity contribution in [2.45, 2.75) is 245 Å². The highest BCUT2D eigenvalue weighted by Crippen LogP contribution is 2.19. The number of carbonyl (C=O) groups excluding carboxylic acids is 3. The number of urea groups is 1. The molecule has 0 radical (unpaired) electrons. The van der Waals surface area contributed by atoms with Crippen LogP contribution < -0.4 is 10.6 Å². The van der Waals surface area contributed by atoms with Crippen LogP contribution in [0.5, 0.6) is 0 Å². The van der Waals surface area contributed by atoms with E-state index >= 15 is 0 Å². The fourth-order valence-corrected chi connectivity index (χ4v) is 7.81. The molecular weight excluding hydrogens is 783 g/mol. The Morgan fingerprint density at radius 1 is 0.516 bits per heavy atom. The summed E-state index contributed by atoms with van der Waals surface area (Å²) in [5, 5.41) is 16.0. The minimum absolute atomic E-state index is 0.0222. The number of ether oxygens (including phenoxy) is 4. The lowest BCUT2D eigenvalue weighted by atomic mass is 10.0. The molecule has 0 saturated heterocycles. The lowest BCUT2D eigenvalue weighted by Gasteiger charge is -2.25. The van der Waals surface area contributed by atoms with Gasteiger partial charge in [0.2, 0.25) is 0 Å². The van der Waals surface area contributed by atoms with E-state index in [4.69, 9.17) is 18.9 Å². The number of esters is 2. The molecule has 62 heavy (non-hydrogen) atoms. The number of nitrogens with zero attached hydrogens (tertiary/aromatic N) is 1. The number of aliphatic hydroxyl groups is 1. The van der Waals surface area contributed by atoms with Crippen molar-refractivity contribution in [1.29, 1.82) is 0 Å². The van der Waals surface area contributed by atoms with Crippen LogP contribution in [-0.4, -0.2) is 106 Å². The number of aliphatic hydroxyl groups excluding tert-OH is 1. The minimum atomic E-state index is -0.613. The molecule has 0 aliphatic rings. The van der Waals surface area contributed by atoms with Gasteiger partial charge >= 0.3 is 18.0 Å². The molecule has 0 aliphatic heterocycles. The van der Waals surface area contributed by atoms with E-state index in [2.05, 4.69) is 36.3 Å². The summed E-state index contributed by atoms with van der Waals surface area (Å²) in [5.74, 6) is -0.110. The molecule has 368 valence electrons. The lowest BCUT2D eigenvalue weighted by molar-refractivity contribution is -0.150. The molecule has 11 heteroatoms. The van der Waals surface area contributed by atoms with E-state index in [1.807, 2.05) is 0 Å². The maximum atomic E-state index is 12.9. The maximum absolute atomic E-state index is 12.9. The van der Waals surface area contributed by atoms with E-state index in [0.29, 0.717) is 52.4 Å². The first-order valence-electron chi connectivity index (χ1n) is 26.2. The molecule has 0 spiro atoms. The van der Waals surface area contributed by atoms with Crippen LogP contribution in [-0.2, 0) is 28.5 Å². The van der Waals surface area contributed by atoms with Crippen LogP contribution in [0, 0.1) is 0 Å². The normalized spacial score (nSPS) is 12.0. The van der Waals surface area contributed by atoms with Gasteiger partial charge in [-0.3, -0.25) is 9.59 Å². The average Bonchev–Trinajstić information content (AvgIpc) is 3.26. The summed E-state index contributed by atoms with van der Waals surface area (Å²) in [5.41, 5.74) is 0. The second-order valence-electron chi connectivity index (χ2n) is 17.7. The Kier molecular flexibility index (Phi) is 47.0. The first-order valence-corrected chi connectivity index (χ1v) is 26.2. The first-order chi connectivity index (χ1) is 30.4. The third-order valence-electron chi connectivity index (χ3n) is 11.7. The zero-order chi connectivity index (χ0) is 45.4. The van der Waals surface area contributed by atoms with Crippen LogP contribution >= 0.6 is 0 Å². The maximum Gasteiger partial charge on any atom is 0.314 e. The van der Waals surface area contributed by atoms with E-state index < -0.39 is 6.10 Å². The summed E-state index contributed by atoms with van der Waals surface area (Å²) in [7, 11) is 1.57. The highest BCUT2D eigenvalue weighted by molar-refractivity contribution is 5.73. The zero-order valence-corrected chi connectivity index (χ0v) is 41.1. The van der Waals surface area contributed by atoms with E-state index in [9.17, 15) is 19.5 Å². The van der Waals surface area contributed by atoms with Gasteiger partial charge in [-0.2, -0.15) is 0 Å². The van der Waals surface area contributed by atoms with Gasteiger partial charge in [-0.1, -0.05) is 162 Å². The van der Waals surface area contributed by atoms with Crippen molar-refractivity contribution in [2.75, 3.05) is 66.3 Å². The molecule has 0 bridgehead atoms. The van der Waals surface area contributed by atoms with Gasteiger partial charge in [-0.15, -0.1) is 0 Å². The van der Waals surface area contributed by atoms with Gasteiger partial charge in [0.25, 0.3) is 0 Å². The molecule has 0 aromatic carbocycles. The van der Waals surface area contributed by atoms with E-state index in [1.165, 1.54) is 109 Å². The van der Waals surface area contributed by atoms with Gasteiger partial charge in [-0.25, -0.2) is 4.79 Å². The van der Waals surface area contributed by atoms with Crippen LogP contribution in [0.15, 0.2) is 0 Å². The van der Waals surface area contributed by atoms with Gasteiger partial charge in [0.05, 0.1) is 39.1 Å². The summed E-state index contributed by atoms with van der Waals surface area (Å²) < 4.78 is 22.7. The second-order valence-corrected chi connectivity index (χ2v) is 17.7. The highest BCUT2D eigenvalue weighted by atomic mass is 16.5. The Labute approximate surface area is 382 Å². The van der Waals surface area contributed by atoms with Gasteiger partial charge in [0.1, 0.15) is 6.10 Å². The molecule has 0 rings (SSSR count). The molecule has 0 fully saturated rings. The van der Waals surface area contributed by atoms with E-state index in [0.717, 1.165) is 103 Å². The van der Waals surface area contributed by atoms with Gasteiger partial charge in [0.15, 0.2) is 0 Å². The molecule has 1 unspecified atom stereocenters. The molecular formula is C51H101N3O8. The predicted molar refractivity (Wildman–Crippen MR) is 257 cm³/mol. The third-order valence-corrected chi connectivity index (χ3v) is 11.7. The minimum Gasteiger partial charge on any atom is -0.466 e. The predicted octanol–water partition coefficient (Wildman–Crippen LogP) is 12.0. The van der Waals surface area contributed by atoms with Gasteiger partial charge < -0.3 is 39.6 Å². The van der Waals surface area contributed by atoms with Crippen LogP contribution in [0.3, 0.4) is 0 Å². The van der Waals surface area contributed by atoms with Crippen molar-refractivity contribution in [1.82, 2.24) is 15.5 Å². The Morgan fingerprint density at radius 2 is 0.968 bits per heavy atom. The van der Waals surface area contributed by atoms with Crippen LogP contribution in [0.1, 0.15) is 233 Å². The van der Waals surface area contributed by atoms with Crippen LogP contribution in [0.2, 0.25) is 0 Å². The average molecular weight is 884 g/mol. The summed E-state index contributed by atoms with van der Waals surface area (Å²) in [6.45, 7) is 11.4. The monoisotopic (exact) mass is 884 g/mol. The van der Waals surface area contributed by atoms with E-state index in [-0.39, 0.29) is 30.7 Å². The molecule has 1 atom stereocenters. The van der Waals surface area contributed by atoms with Crippen molar-refractivity contribution < 1.29 is 38.4 Å². The number of rotatable bonds is 49. The molecule has 11 nitrogen and oxygen atoms in total. The largest absolute Gasteiger partial charge is 0.466 e. The first kappa shape index (κ1) is 60.1. The molecule has 2 amide bonds. The SMILES string of the molecule is CCCCCCCCCCCOC(=O)CCCCCN(CCCCCCCC(=O)OC(CCCCCCCC)CCCCCCCC)CC(O)COCCOCCNC(=O)NC. The van der Waals surface area contributed by atoms with Crippen molar-refractivity contribution in [2.24, 2.45) is 0 Å². The Hall–Kier alpha value is -1.95. The molecule has 0 heterocycles. The molecule has 0 aliphatic carbocycles. The molecule has 0 aromatic heterocycles. The summed E-state index contributed by atoms with van der Waals surface area (Å²) in [6.07, 6.45) is 36.6. The molecule has 3 N–H and O–H groups in total. The second kappa shape index (κ2) is 48.5. The third kappa shape index (κ3) is 44.6. The number of carbonyl (C=O) groups is 3. The topological polar surface area (TPSA) is 136 Å². The summed E-state index contributed by atoms with van der Waals surface area (Å²) in [4.78, 5) is 38.7. The number of unbranched alkanes of at least 4 members (excludes halogenated alkanes) is 24. The van der Waals surface area contributed by atoms with E-state index in [1.54, 1.807) is 7.05 Å². The number of hydrogen-bond donors (Lipinski definition) is 3. The number of amides is 2. The standard InChI is InChI=1S/C51H101N3O8/c1-5-8-11-14-17-18-19-25-33-41-61-49(56)36-30-26-32-40-54(45-47(55)46-60-44-43-59-42-38-53-51(58)52-4)39-31-24-20-23-29-37-50(57)62-48(34-27-21-15-12-9-6-2)35-28-22-16-13-10-7-3/h47-48,55H,5-46H2,1-4H3,(H2,52,53,58). The quantitative estimate of drug-likeness (QED) is 0.0403. The Morgan fingerprint density at radius 3 is 1.52 bits per heavy atom.